The zero-order valence-corrected chi connectivity index (χ0v) is 6.90. The Bertz CT molecular complexity index is 273. The largest absolute Gasteiger partial charge is 0.501 e. The lowest BCUT2D eigenvalue weighted by atomic mass is 10.4. The second-order valence-electron chi connectivity index (χ2n) is 2.13. The Balaban J connectivity index is 2.63. The van der Waals surface area contributed by atoms with Crippen LogP contribution in [0.2, 0.25) is 0 Å². The summed E-state index contributed by atoms with van der Waals surface area (Å²) < 4.78 is 5.00. The first kappa shape index (κ1) is 8.52. The molecule has 4 heteroatoms. The number of ether oxygens (including phenoxy) is 1. The van der Waals surface area contributed by atoms with E-state index in [0.717, 1.165) is 5.69 Å². The number of nitrogens with two attached hydrogens (primary N) is 1. The fraction of sp³-hybridized carbons (Fsp3) is 0.250. The Labute approximate surface area is 71.1 Å². The monoisotopic (exact) mass is 165 g/mol. The molecule has 0 aromatic carbocycles. The number of hydrogen-bond donors (Lipinski definition) is 1. The van der Waals surface area contributed by atoms with Gasteiger partial charge in [-0.15, -0.1) is 0 Å². The zero-order chi connectivity index (χ0) is 8.81. The average molecular weight is 165 g/mol. The molecule has 0 aliphatic heterocycles. The average Bonchev–Trinajstić information content (AvgIpc) is 2.05. The summed E-state index contributed by atoms with van der Waals surface area (Å²) in [7, 11) is 0. The van der Waals surface area contributed by atoms with Gasteiger partial charge in [0.15, 0.2) is 0 Å². The summed E-state index contributed by atoms with van der Waals surface area (Å²) in [5.41, 5.74) is 6.18. The molecule has 4 nitrogen and oxygen atoms in total. The van der Waals surface area contributed by atoms with E-state index in [4.69, 9.17) is 10.5 Å². The minimum absolute atomic E-state index is 0.459. The topological polar surface area (TPSA) is 61.0 Å². The van der Waals surface area contributed by atoms with E-state index in [1.165, 1.54) is 6.33 Å². The van der Waals surface area contributed by atoms with Gasteiger partial charge in [0.05, 0.1) is 18.6 Å². The number of rotatable bonds is 3. The minimum Gasteiger partial charge on any atom is -0.501 e. The number of aromatic nitrogens is 2. The Morgan fingerprint density at radius 1 is 1.58 bits per heavy atom. The van der Waals surface area contributed by atoms with Crippen molar-refractivity contribution < 1.29 is 4.74 Å². The highest BCUT2D eigenvalue weighted by molar-refractivity contribution is 5.47. The molecule has 0 amide bonds. The molecule has 0 spiro atoms. The van der Waals surface area contributed by atoms with Crippen LogP contribution in [0.25, 0.3) is 6.08 Å². The molecule has 2 N–H and O–H groups in total. The molecule has 0 saturated carbocycles. The first-order valence-electron chi connectivity index (χ1n) is 3.68. The third-order valence-corrected chi connectivity index (χ3v) is 1.21. The molecule has 1 rings (SSSR count). The predicted octanol–water partition coefficient (Wildman–Crippen LogP) is 1.07. The maximum absolute atomic E-state index is 5.44. The van der Waals surface area contributed by atoms with Crippen molar-refractivity contribution in [3.05, 3.63) is 24.3 Å². The van der Waals surface area contributed by atoms with E-state index in [1.54, 1.807) is 18.4 Å². The van der Waals surface area contributed by atoms with Crippen molar-refractivity contribution in [1.29, 1.82) is 0 Å². The molecule has 0 fully saturated rings. The Morgan fingerprint density at radius 3 is 3.08 bits per heavy atom. The highest BCUT2D eigenvalue weighted by atomic mass is 16.5. The summed E-state index contributed by atoms with van der Waals surface area (Å²) in [5.74, 6) is 0.459. The minimum atomic E-state index is 0.459. The van der Waals surface area contributed by atoms with Crippen LogP contribution in [-0.4, -0.2) is 16.6 Å². The smallest absolute Gasteiger partial charge is 0.127 e. The van der Waals surface area contributed by atoms with E-state index < -0.39 is 0 Å². The van der Waals surface area contributed by atoms with E-state index in [0.29, 0.717) is 12.4 Å². The van der Waals surface area contributed by atoms with Crippen LogP contribution in [-0.2, 0) is 4.74 Å². The third-order valence-electron chi connectivity index (χ3n) is 1.21. The normalized spacial score (nSPS) is 10.4. The number of nitrogen functional groups attached to an aromatic ring is 1. The van der Waals surface area contributed by atoms with Crippen molar-refractivity contribution in [2.24, 2.45) is 0 Å². The van der Waals surface area contributed by atoms with Gasteiger partial charge in [0.2, 0.25) is 0 Å². The van der Waals surface area contributed by atoms with Crippen molar-refractivity contribution in [3.8, 4) is 0 Å². The molecule has 0 bridgehead atoms. The summed E-state index contributed by atoms with van der Waals surface area (Å²) in [4.78, 5) is 7.71. The highest BCUT2D eigenvalue weighted by Crippen LogP contribution is 2.00. The van der Waals surface area contributed by atoms with Crippen LogP contribution in [0.15, 0.2) is 18.7 Å². The summed E-state index contributed by atoms with van der Waals surface area (Å²) in [6.07, 6.45) is 4.74. The van der Waals surface area contributed by atoms with E-state index in [-0.39, 0.29) is 0 Å². The fourth-order valence-electron chi connectivity index (χ4n) is 0.693. The standard InChI is InChI=1S/C8H11N3O/c1-2-12-4-3-7-5-8(9)11-6-10-7/h3-6H,2H2,1H3,(H2,9,10,11). The van der Waals surface area contributed by atoms with E-state index in [9.17, 15) is 0 Å². The van der Waals surface area contributed by atoms with Crippen LogP contribution in [0.1, 0.15) is 12.6 Å². The Morgan fingerprint density at radius 2 is 2.42 bits per heavy atom. The van der Waals surface area contributed by atoms with E-state index in [1.807, 2.05) is 6.92 Å². The number of anilines is 1. The second kappa shape index (κ2) is 4.33. The van der Waals surface area contributed by atoms with Gasteiger partial charge in [-0.25, -0.2) is 9.97 Å². The first-order chi connectivity index (χ1) is 5.83. The molecule has 0 aliphatic carbocycles. The van der Waals surface area contributed by atoms with Crippen LogP contribution in [0.4, 0.5) is 5.82 Å². The van der Waals surface area contributed by atoms with E-state index in [2.05, 4.69) is 9.97 Å². The molecule has 0 unspecified atom stereocenters. The van der Waals surface area contributed by atoms with Crippen LogP contribution in [0.5, 0.6) is 0 Å². The molecule has 1 aromatic rings. The predicted molar refractivity (Wildman–Crippen MR) is 47.1 cm³/mol. The van der Waals surface area contributed by atoms with Gasteiger partial charge in [0, 0.05) is 6.07 Å². The lowest BCUT2D eigenvalue weighted by Crippen LogP contribution is -1.91. The van der Waals surface area contributed by atoms with Gasteiger partial charge in [-0.1, -0.05) is 0 Å². The maximum Gasteiger partial charge on any atom is 0.127 e. The van der Waals surface area contributed by atoms with Crippen molar-refractivity contribution in [1.82, 2.24) is 9.97 Å². The molecule has 64 valence electrons. The molecule has 1 heterocycles. The van der Waals surface area contributed by atoms with Crippen molar-refractivity contribution >= 4 is 11.9 Å². The Hall–Kier alpha value is -1.58. The van der Waals surface area contributed by atoms with Gasteiger partial charge >= 0.3 is 0 Å². The molecule has 0 saturated heterocycles. The number of hydrogen-bond acceptors (Lipinski definition) is 4. The maximum atomic E-state index is 5.44. The van der Waals surface area contributed by atoms with Crippen molar-refractivity contribution in [3.63, 3.8) is 0 Å². The molecular formula is C8H11N3O. The van der Waals surface area contributed by atoms with Gasteiger partial charge in [-0.2, -0.15) is 0 Å². The van der Waals surface area contributed by atoms with Crippen molar-refractivity contribution in [2.75, 3.05) is 12.3 Å². The van der Waals surface area contributed by atoms with Gasteiger partial charge in [-0.05, 0) is 13.0 Å². The molecular weight excluding hydrogens is 154 g/mol. The van der Waals surface area contributed by atoms with Gasteiger partial charge < -0.3 is 10.5 Å². The quantitative estimate of drug-likeness (QED) is 0.680. The van der Waals surface area contributed by atoms with E-state index >= 15 is 0 Å². The molecule has 0 atom stereocenters. The lowest BCUT2D eigenvalue weighted by Gasteiger charge is -1.94. The summed E-state index contributed by atoms with van der Waals surface area (Å²) in [6.45, 7) is 2.57. The molecule has 0 radical (unpaired) electrons. The van der Waals surface area contributed by atoms with Gasteiger partial charge in [0.1, 0.15) is 12.1 Å². The van der Waals surface area contributed by atoms with Crippen LogP contribution < -0.4 is 5.73 Å². The fourth-order valence-corrected chi connectivity index (χ4v) is 0.693. The van der Waals surface area contributed by atoms with Crippen molar-refractivity contribution in [2.45, 2.75) is 6.92 Å². The Kier molecular flexibility index (Phi) is 3.07. The SMILES string of the molecule is CCOC=Cc1cc(N)ncn1. The van der Waals surface area contributed by atoms with Crippen LogP contribution >= 0.6 is 0 Å². The van der Waals surface area contributed by atoms with Crippen LogP contribution in [0, 0.1) is 0 Å². The summed E-state index contributed by atoms with van der Waals surface area (Å²) in [6, 6.07) is 1.68. The van der Waals surface area contributed by atoms with Gasteiger partial charge in [0.25, 0.3) is 0 Å². The lowest BCUT2D eigenvalue weighted by molar-refractivity contribution is 0.272. The second-order valence-corrected chi connectivity index (χ2v) is 2.13. The molecule has 1 aromatic heterocycles. The van der Waals surface area contributed by atoms with Gasteiger partial charge in [-0.3, -0.25) is 0 Å². The third kappa shape index (κ3) is 2.57. The van der Waals surface area contributed by atoms with Crippen LogP contribution in [0.3, 0.4) is 0 Å². The first-order valence-corrected chi connectivity index (χ1v) is 3.68. The summed E-state index contributed by atoms with van der Waals surface area (Å²) in [5, 5.41) is 0. The molecule has 12 heavy (non-hydrogen) atoms. The number of nitrogens with zero attached hydrogens (tertiary/aromatic N) is 2. The molecule has 0 aliphatic rings. The zero-order valence-electron chi connectivity index (χ0n) is 6.90. The highest BCUT2D eigenvalue weighted by Gasteiger charge is 1.89. The summed E-state index contributed by atoms with van der Waals surface area (Å²) >= 11 is 0.